The summed E-state index contributed by atoms with van der Waals surface area (Å²) in [6, 6.07) is 50.6. The number of aromatic nitrogens is 3. The van der Waals surface area contributed by atoms with Crippen molar-refractivity contribution < 1.29 is 4.74 Å². The molecule has 0 bridgehead atoms. The highest BCUT2D eigenvalue weighted by Crippen LogP contribution is 2.54. The van der Waals surface area contributed by atoms with E-state index in [0.717, 1.165) is 51.2 Å². The van der Waals surface area contributed by atoms with E-state index < -0.39 is 0 Å². The lowest BCUT2D eigenvalue weighted by Gasteiger charge is -2.41. The summed E-state index contributed by atoms with van der Waals surface area (Å²) in [5, 5.41) is 2.47. The Morgan fingerprint density at radius 2 is 1.29 bits per heavy atom. The second kappa shape index (κ2) is 11.0. The second-order valence-corrected chi connectivity index (χ2v) is 12.7. The van der Waals surface area contributed by atoms with Gasteiger partial charge in [0.05, 0.1) is 28.1 Å². The minimum absolute atomic E-state index is 0.294. The van der Waals surface area contributed by atoms with Gasteiger partial charge in [-0.2, -0.15) is 0 Å². The molecule has 9 rings (SSSR count). The first-order valence-electron chi connectivity index (χ1n) is 16.2. The Bertz CT molecular complexity index is 2450. The van der Waals surface area contributed by atoms with Crippen molar-refractivity contribution >= 4 is 39.0 Å². The first-order chi connectivity index (χ1) is 23.6. The van der Waals surface area contributed by atoms with Crippen LogP contribution in [0, 0.1) is 0 Å². The highest BCUT2D eigenvalue weighted by atomic mass is 16.5. The molecule has 1 aliphatic rings. The van der Waals surface area contributed by atoms with Crippen LogP contribution in [0.2, 0.25) is 0 Å². The molecule has 48 heavy (non-hydrogen) atoms. The van der Waals surface area contributed by atoms with E-state index in [1.54, 1.807) is 0 Å². The fraction of sp³-hybridized carbons (Fsp3) is 0.0698. The van der Waals surface area contributed by atoms with Crippen molar-refractivity contribution in [1.82, 2.24) is 14.5 Å². The lowest BCUT2D eigenvalue weighted by molar-refractivity contribution is 0.482. The lowest BCUT2D eigenvalue weighted by atomic mass is 9.73. The van der Waals surface area contributed by atoms with E-state index in [1.165, 1.54) is 27.4 Å². The summed E-state index contributed by atoms with van der Waals surface area (Å²) in [5.41, 5.74) is 9.71. The number of benzene rings is 5. The van der Waals surface area contributed by atoms with Crippen molar-refractivity contribution in [2.75, 3.05) is 4.90 Å². The highest BCUT2D eigenvalue weighted by molar-refractivity contribution is 6.11. The van der Waals surface area contributed by atoms with Crippen LogP contribution in [0.3, 0.4) is 0 Å². The molecular weight excluding hydrogens is 589 g/mol. The Morgan fingerprint density at radius 1 is 0.542 bits per heavy atom. The summed E-state index contributed by atoms with van der Waals surface area (Å²) in [4.78, 5) is 11.7. The Kier molecular flexibility index (Phi) is 6.40. The standard InChI is InChI=1S/C43H32N4O/c1-43(2)35-22-21-32(48-31-16-12-13-29(25-31)37-18-8-10-23-44-37)26-40(35)47(42-20-9-11-24-45-42)41-28-39-34(27-36(41)43)33-17-6-7-19-38(33)46(39)30-14-4-3-5-15-30/h3-28H,1-2H3. The molecule has 0 saturated heterocycles. The third-order valence-corrected chi connectivity index (χ3v) is 9.51. The van der Waals surface area contributed by atoms with E-state index in [1.807, 2.05) is 60.9 Å². The van der Waals surface area contributed by atoms with Gasteiger partial charge in [0.1, 0.15) is 17.3 Å². The van der Waals surface area contributed by atoms with Crippen molar-refractivity contribution in [3.05, 3.63) is 169 Å². The van der Waals surface area contributed by atoms with Crippen LogP contribution in [0.25, 0.3) is 38.8 Å². The largest absolute Gasteiger partial charge is 0.457 e. The normalized spacial score (nSPS) is 13.3. The van der Waals surface area contributed by atoms with Gasteiger partial charge in [-0.3, -0.25) is 9.88 Å². The Morgan fingerprint density at radius 3 is 2.10 bits per heavy atom. The van der Waals surface area contributed by atoms with Gasteiger partial charge in [-0.1, -0.05) is 80.6 Å². The minimum Gasteiger partial charge on any atom is -0.457 e. The van der Waals surface area contributed by atoms with Crippen molar-refractivity contribution in [1.29, 1.82) is 0 Å². The molecule has 5 heteroatoms. The summed E-state index contributed by atoms with van der Waals surface area (Å²) in [6.07, 6.45) is 3.67. The van der Waals surface area contributed by atoms with Crippen molar-refractivity contribution in [3.63, 3.8) is 0 Å². The van der Waals surface area contributed by atoms with Crippen LogP contribution >= 0.6 is 0 Å². The summed E-state index contributed by atoms with van der Waals surface area (Å²) < 4.78 is 8.93. The van der Waals surface area contributed by atoms with Gasteiger partial charge >= 0.3 is 0 Å². The molecule has 8 aromatic rings. The molecule has 3 aromatic heterocycles. The maximum atomic E-state index is 6.56. The zero-order valence-corrected chi connectivity index (χ0v) is 26.7. The lowest BCUT2D eigenvalue weighted by Crippen LogP contribution is -2.31. The molecule has 0 aliphatic carbocycles. The van der Waals surface area contributed by atoms with E-state index in [9.17, 15) is 0 Å². The molecule has 0 saturated carbocycles. The van der Waals surface area contributed by atoms with Gasteiger partial charge in [0, 0.05) is 45.9 Å². The number of nitrogens with zero attached hydrogens (tertiary/aromatic N) is 4. The fourth-order valence-corrected chi connectivity index (χ4v) is 7.23. The Labute approximate surface area is 279 Å². The van der Waals surface area contributed by atoms with Crippen molar-refractivity contribution in [2.24, 2.45) is 0 Å². The van der Waals surface area contributed by atoms with Gasteiger partial charge in [-0.05, 0) is 83.9 Å². The molecule has 4 heterocycles. The number of pyridine rings is 2. The molecule has 0 unspecified atom stereocenters. The monoisotopic (exact) mass is 620 g/mol. The summed E-state index contributed by atoms with van der Waals surface area (Å²) in [7, 11) is 0. The van der Waals surface area contributed by atoms with Crippen LogP contribution in [0.1, 0.15) is 25.0 Å². The quantitative estimate of drug-likeness (QED) is 0.192. The van der Waals surface area contributed by atoms with Crippen LogP contribution in [0.4, 0.5) is 17.2 Å². The molecule has 0 amide bonds. The van der Waals surface area contributed by atoms with E-state index >= 15 is 0 Å². The molecule has 0 atom stereocenters. The van der Waals surface area contributed by atoms with Crippen molar-refractivity contribution in [3.8, 4) is 28.4 Å². The average Bonchev–Trinajstić information content (AvgIpc) is 3.46. The molecular formula is C43H32N4O. The fourth-order valence-electron chi connectivity index (χ4n) is 7.23. The molecule has 0 radical (unpaired) electrons. The number of hydrogen-bond acceptors (Lipinski definition) is 4. The maximum Gasteiger partial charge on any atom is 0.137 e. The van der Waals surface area contributed by atoms with Gasteiger partial charge in [-0.15, -0.1) is 0 Å². The molecule has 0 spiro atoms. The zero-order chi connectivity index (χ0) is 32.2. The topological polar surface area (TPSA) is 43.2 Å². The summed E-state index contributed by atoms with van der Waals surface area (Å²) in [6.45, 7) is 4.64. The summed E-state index contributed by atoms with van der Waals surface area (Å²) >= 11 is 0. The molecule has 0 fully saturated rings. The van der Waals surface area contributed by atoms with Crippen LogP contribution in [-0.4, -0.2) is 14.5 Å². The highest BCUT2D eigenvalue weighted by Gasteiger charge is 2.38. The third-order valence-electron chi connectivity index (χ3n) is 9.51. The predicted molar refractivity (Wildman–Crippen MR) is 195 cm³/mol. The van der Waals surface area contributed by atoms with Gasteiger partial charge in [0.25, 0.3) is 0 Å². The van der Waals surface area contributed by atoms with Gasteiger partial charge < -0.3 is 9.30 Å². The van der Waals surface area contributed by atoms with E-state index in [4.69, 9.17) is 9.72 Å². The van der Waals surface area contributed by atoms with Crippen LogP contribution in [0.5, 0.6) is 11.5 Å². The first kappa shape index (κ1) is 28.1. The molecule has 5 aromatic carbocycles. The summed E-state index contributed by atoms with van der Waals surface area (Å²) in [5.74, 6) is 2.37. The van der Waals surface area contributed by atoms with Crippen LogP contribution in [-0.2, 0) is 5.41 Å². The Balaban J connectivity index is 1.24. The molecule has 0 N–H and O–H groups in total. The number of para-hydroxylation sites is 2. The van der Waals surface area contributed by atoms with E-state index in [0.29, 0.717) is 0 Å². The SMILES string of the molecule is CC1(C)c2ccc(Oc3cccc(-c4ccccn4)c3)cc2N(c2ccccn2)c2cc3c(cc21)c1ccccc1n3-c1ccccc1. The number of anilines is 3. The van der Waals surface area contributed by atoms with Crippen LogP contribution in [0.15, 0.2) is 158 Å². The second-order valence-electron chi connectivity index (χ2n) is 12.7. The number of hydrogen-bond donors (Lipinski definition) is 0. The zero-order valence-electron chi connectivity index (χ0n) is 26.7. The minimum atomic E-state index is -0.294. The third kappa shape index (κ3) is 4.47. The molecule has 1 aliphatic heterocycles. The Hall–Kier alpha value is -6.20. The van der Waals surface area contributed by atoms with Crippen molar-refractivity contribution in [2.45, 2.75) is 19.3 Å². The molecule has 5 nitrogen and oxygen atoms in total. The van der Waals surface area contributed by atoms with Gasteiger partial charge in [0.15, 0.2) is 0 Å². The van der Waals surface area contributed by atoms with E-state index in [2.05, 4.69) is 125 Å². The van der Waals surface area contributed by atoms with E-state index in [-0.39, 0.29) is 5.41 Å². The molecule has 230 valence electrons. The predicted octanol–water partition coefficient (Wildman–Crippen LogP) is 11.1. The number of fused-ring (bicyclic) bond motifs is 5. The average molecular weight is 621 g/mol. The van der Waals surface area contributed by atoms with Crippen LogP contribution < -0.4 is 9.64 Å². The number of ether oxygens (including phenoxy) is 1. The van der Waals surface area contributed by atoms with Gasteiger partial charge in [-0.25, -0.2) is 4.98 Å². The first-order valence-corrected chi connectivity index (χ1v) is 16.2. The smallest absolute Gasteiger partial charge is 0.137 e. The number of rotatable bonds is 5. The van der Waals surface area contributed by atoms with Gasteiger partial charge in [0.2, 0.25) is 0 Å². The maximum absolute atomic E-state index is 6.56.